The van der Waals surface area contributed by atoms with Gasteiger partial charge in [0.25, 0.3) is 0 Å². The van der Waals surface area contributed by atoms with Crippen molar-refractivity contribution in [2.75, 3.05) is 19.6 Å². The Balaban J connectivity index is 1.70. The van der Waals surface area contributed by atoms with Crippen LogP contribution in [0.2, 0.25) is 0 Å². The second-order valence-electron chi connectivity index (χ2n) is 5.37. The second kappa shape index (κ2) is 7.10. The zero-order chi connectivity index (χ0) is 15.2. The van der Waals surface area contributed by atoms with Gasteiger partial charge in [-0.1, -0.05) is 13.3 Å². The monoisotopic (exact) mass is 294 g/mol. The molecular weight excluding hydrogens is 272 g/mol. The van der Waals surface area contributed by atoms with Crippen LogP contribution in [-0.2, 0) is 6.54 Å². The van der Waals surface area contributed by atoms with Crippen molar-refractivity contribution < 1.29 is 14.7 Å². The summed E-state index contributed by atoms with van der Waals surface area (Å²) >= 11 is 0. The van der Waals surface area contributed by atoms with Crippen molar-refractivity contribution in [2.24, 2.45) is 5.92 Å². The van der Waals surface area contributed by atoms with Crippen LogP contribution in [0.15, 0.2) is 12.5 Å². The maximum absolute atomic E-state index is 12.0. The fourth-order valence-corrected chi connectivity index (χ4v) is 2.54. The molecule has 1 fully saturated rings. The van der Waals surface area contributed by atoms with Crippen LogP contribution in [0.3, 0.4) is 0 Å². The number of aromatic nitrogens is 2. The number of hydrogen-bond acceptors (Lipinski definition) is 3. The molecule has 1 aromatic heterocycles. The third-order valence-electron chi connectivity index (χ3n) is 3.98. The minimum absolute atomic E-state index is 0.0166. The average Bonchev–Trinajstić information content (AvgIpc) is 2.96. The van der Waals surface area contributed by atoms with Crippen molar-refractivity contribution in [1.29, 1.82) is 0 Å². The van der Waals surface area contributed by atoms with E-state index in [4.69, 9.17) is 5.11 Å². The molecule has 1 aromatic rings. The molecule has 1 saturated heterocycles. The molecule has 7 heteroatoms. The van der Waals surface area contributed by atoms with Crippen LogP contribution in [-0.4, -0.2) is 51.2 Å². The molecule has 0 aromatic carbocycles. The maximum Gasteiger partial charge on any atom is 0.356 e. The Bertz CT molecular complexity index is 492. The van der Waals surface area contributed by atoms with E-state index in [2.05, 4.69) is 17.2 Å². The summed E-state index contributed by atoms with van der Waals surface area (Å²) in [7, 11) is 0. The lowest BCUT2D eigenvalue weighted by Crippen LogP contribution is -2.45. The first-order valence-corrected chi connectivity index (χ1v) is 7.38. The van der Waals surface area contributed by atoms with E-state index in [1.54, 1.807) is 4.57 Å². The summed E-state index contributed by atoms with van der Waals surface area (Å²) in [6.45, 7) is 4.80. The average molecular weight is 294 g/mol. The molecule has 2 N–H and O–H groups in total. The van der Waals surface area contributed by atoms with Gasteiger partial charge in [0.1, 0.15) is 0 Å². The summed E-state index contributed by atoms with van der Waals surface area (Å²) in [4.78, 5) is 28.3. The number of carbonyl (C=O) groups is 2. The van der Waals surface area contributed by atoms with Crippen molar-refractivity contribution in [3.8, 4) is 0 Å². The summed E-state index contributed by atoms with van der Waals surface area (Å²) < 4.78 is 1.66. The third-order valence-corrected chi connectivity index (χ3v) is 3.98. The highest BCUT2D eigenvalue weighted by Crippen LogP contribution is 2.19. The number of nitrogens with one attached hydrogen (secondary N) is 1. The van der Waals surface area contributed by atoms with Gasteiger partial charge in [0.2, 0.25) is 0 Å². The zero-order valence-electron chi connectivity index (χ0n) is 12.3. The lowest BCUT2D eigenvalue weighted by atomic mass is 9.95. The highest BCUT2D eigenvalue weighted by atomic mass is 16.4. The number of likely N-dealkylation sites (tertiary alicyclic amines) is 1. The van der Waals surface area contributed by atoms with E-state index < -0.39 is 5.97 Å². The first-order valence-electron chi connectivity index (χ1n) is 7.38. The fraction of sp³-hybridized carbons (Fsp3) is 0.643. The first kappa shape index (κ1) is 15.3. The van der Waals surface area contributed by atoms with E-state index in [-0.39, 0.29) is 11.7 Å². The van der Waals surface area contributed by atoms with Gasteiger partial charge in [-0.05, 0) is 18.8 Å². The number of nitrogens with zero attached hydrogens (tertiary/aromatic N) is 3. The van der Waals surface area contributed by atoms with E-state index >= 15 is 0 Å². The van der Waals surface area contributed by atoms with E-state index in [0.29, 0.717) is 13.1 Å². The molecule has 2 amide bonds. The zero-order valence-corrected chi connectivity index (χ0v) is 12.3. The molecule has 116 valence electrons. The highest BCUT2D eigenvalue weighted by molar-refractivity contribution is 5.84. The number of aromatic carboxylic acids is 1. The van der Waals surface area contributed by atoms with Gasteiger partial charge in [-0.25, -0.2) is 14.6 Å². The number of carbonyl (C=O) groups excluding carboxylic acids is 1. The molecule has 0 bridgehead atoms. The molecule has 0 radical (unpaired) electrons. The fourth-order valence-electron chi connectivity index (χ4n) is 2.54. The normalized spacial score (nSPS) is 16.0. The number of urea groups is 1. The van der Waals surface area contributed by atoms with Gasteiger partial charge >= 0.3 is 12.0 Å². The summed E-state index contributed by atoms with van der Waals surface area (Å²) in [5.74, 6) is -0.300. The van der Waals surface area contributed by atoms with Crippen molar-refractivity contribution in [3.05, 3.63) is 18.2 Å². The van der Waals surface area contributed by atoms with Gasteiger partial charge in [-0.3, -0.25) is 0 Å². The molecular formula is C14H22N4O3. The van der Waals surface area contributed by atoms with Gasteiger partial charge in [0.15, 0.2) is 5.69 Å². The number of carboxylic acids is 1. The van der Waals surface area contributed by atoms with Gasteiger partial charge in [0.05, 0.1) is 6.33 Å². The molecule has 0 spiro atoms. The lowest BCUT2D eigenvalue weighted by molar-refractivity contribution is 0.0691. The number of imidazole rings is 1. The van der Waals surface area contributed by atoms with Crippen LogP contribution < -0.4 is 5.32 Å². The summed E-state index contributed by atoms with van der Waals surface area (Å²) in [5.41, 5.74) is 0.0166. The van der Waals surface area contributed by atoms with Crippen molar-refractivity contribution >= 4 is 12.0 Å². The molecule has 1 aliphatic heterocycles. The molecule has 0 saturated carbocycles. The molecule has 0 atom stereocenters. The summed E-state index contributed by atoms with van der Waals surface area (Å²) in [6.07, 6.45) is 6.26. The Labute approximate surface area is 124 Å². The van der Waals surface area contributed by atoms with Crippen LogP contribution in [0.4, 0.5) is 4.79 Å². The molecule has 7 nitrogen and oxygen atoms in total. The van der Waals surface area contributed by atoms with Crippen LogP contribution in [0.25, 0.3) is 0 Å². The minimum atomic E-state index is -1.04. The quantitative estimate of drug-likeness (QED) is 0.859. The summed E-state index contributed by atoms with van der Waals surface area (Å²) in [6, 6.07) is -0.0388. The lowest BCUT2D eigenvalue weighted by Gasteiger charge is -2.31. The molecule has 2 rings (SSSR count). The van der Waals surface area contributed by atoms with E-state index in [9.17, 15) is 9.59 Å². The molecule has 1 aliphatic rings. The van der Waals surface area contributed by atoms with Gasteiger partial charge in [-0.15, -0.1) is 0 Å². The van der Waals surface area contributed by atoms with E-state index in [1.807, 2.05) is 4.90 Å². The highest BCUT2D eigenvalue weighted by Gasteiger charge is 2.21. The molecule has 21 heavy (non-hydrogen) atoms. The number of rotatable bonds is 5. The van der Waals surface area contributed by atoms with Gasteiger partial charge < -0.3 is 19.9 Å². The largest absolute Gasteiger partial charge is 0.476 e. The van der Waals surface area contributed by atoms with Crippen LogP contribution in [0.1, 0.15) is 36.7 Å². The number of hydrogen-bond donors (Lipinski definition) is 2. The Kier molecular flexibility index (Phi) is 5.19. The van der Waals surface area contributed by atoms with E-state index in [0.717, 1.165) is 31.8 Å². The van der Waals surface area contributed by atoms with Crippen molar-refractivity contribution in [1.82, 2.24) is 19.8 Å². The Morgan fingerprint density at radius 3 is 2.71 bits per heavy atom. The first-order chi connectivity index (χ1) is 10.1. The second-order valence-corrected chi connectivity index (χ2v) is 5.37. The number of piperidine rings is 1. The minimum Gasteiger partial charge on any atom is -0.476 e. The Morgan fingerprint density at radius 2 is 2.14 bits per heavy atom. The number of amides is 2. The standard InChI is InChI=1S/C14H22N4O3/c1-2-11-3-6-18(7-4-11)14(21)15-5-8-17-9-12(13(19)20)16-10-17/h9-11H,2-8H2,1H3,(H,15,21)(H,19,20). The molecule has 0 unspecified atom stereocenters. The topological polar surface area (TPSA) is 87.5 Å². The third kappa shape index (κ3) is 4.21. The van der Waals surface area contributed by atoms with Crippen molar-refractivity contribution in [2.45, 2.75) is 32.7 Å². The smallest absolute Gasteiger partial charge is 0.356 e. The van der Waals surface area contributed by atoms with Gasteiger partial charge in [-0.2, -0.15) is 0 Å². The van der Waals surface area contributed by atoms with Gasteiger partial charge in [0, 0.05) is 32.4 Å². The van der Waals surface area contributed by atoms with Crippen LogP contribution in [0, 0.1) is 5.92 Å². The predicted molar refractivity (Wildman–Crippen MR) is 77.2 cm³/mol. The predicted octanol–water partition coefficient (Wildman–Crippen LogP) is 1.41. The SMILES string of the molecule is CCC1CCN(C(=O)NCCn2cnc(C(=O)O)c2)CC1. The molecule has 0 aliphatic carbocycles. The Hall–Kier alpha value is -2.05. The number of carboxylic acid groups (broad SMARTS) is 1. The summed E-state index contributed by atoms with van der Waals surface area (Å²) in [5, 5.41) is 11.6. The van der Waals surface area contributed by atoms with Crippen LogP contribution in [0.5, 0.6) is 0 Å². The molecule has 2 heterocycles. The van der Waals surface area contributed by atoms with Crippen LogP contribution >= 0.6 is 0 Å². The Morgan fingerprint density at radius 1 is 1.43 bits per heavy atom. The van der Waals surface area contributed by atoms with E-state index in [1.165, 1.54) is 18.9 Å². The van der Waals surface area contributed by atoms with Crippen molar-refractivity contribution in [3.63, 3.8) is 0 Å². The maximum atomic E-state index is 12.0.